The second-order valence-electron chi connectivity index (χ2n) is 7.92. The first-order valence-corrected chi connectivity index (χ1v) is 10.8. The quantitative estimate of drug-likeness (QED) is 0.302. The molecule has 0 spiro atoms. The molecule has 0 unspecified atom stereocenters. The molecule has 0 aliphatic rings. The lowest BCUT2D eigenvalue weighted by molar-refractivity contribution is 0.483. The van der Waals surface area contributed by atoms with Crippen molar-refractivity contribution in [1.82, 2.24) is 9.97 Å². The summed E-state index contributed by atoms with van der Waals surface area (Å²) in [4.78, 5) is 18.1. The second kappa shape index (κ2) is 10.0. The van der Waals surface area contributed by atoms with E-state index in [9.17, 15) is 0 Å². The Kier molecular flexibility index (Phi) is 6.69. The Morgan fingerprint density at radius 3 is 1.36 bits per heavy atom. The molecule has 2 aromatic carbocycles. The van der Waals surface area contributed by atoms with Gasteiger partial charge in [-0.2, -0.15) is 0 Å². The van der Waals surface area contributed by atoms with Crippen molar-refractivity contribution in [2.24, 2.45) is 9.98 Å². The van der Waals surface area contributed by atoms with Gasteiger partial charge in [0.25, 0.3) is 0 Å². The van der Waals surface area contributed by atoms with Gasteiger partial charge in [0, 0.05) is 12.4 Å². The number of nitrogens with zero attached hydrogens (tertiary/aromatic N) is 4. The molecule has 0 bridgehead atoms. The molecule has 0 amide bonds. The van der Waals surface area contributed by atoms with Gasteiger partial charge in [-0.05, 0) is 112 Å². The zero-order valence-corrected chi connectivity index (χ0v) is 19.3. The maximum atomic E-state index is 5.98. The van der Waals surface area contributed by atoms with Gasteiger partial charge in [-0.1, -0.05) is 0 Å². The lowest BCUT2D eigenvalue weighted by atomic mass is 10.2. The molecule has 0 radical (unpaired) electrons. The Labute approximate surface area is 194 Å². The molecule has 5 heteroatoms. The van der Waals surface area contributed by atoms with E-state index in [2.05, 4.69) is 20.0 Å². The van der Waals surface area contributed by atoms with Crippen LogP contribution in [0.15, 0.2) is 95.2 Å². The summed E-state index contributed by atoms with van der Waals surface area (Å²) in [7, 11) is 0. The van der Waals surface area contributed by atoms with E-state index in [-0.39, 0.29) is 0 Å². The highest BCUT2D eigenvalue weighted by Crippen LogP contribution is 2.26. The summed E-state index contributed by atoms with van der Waals surface area (Å²) >= 11 is 0. The van der Waals surface area contributed by atoms with Gasteiger partial charge < -0.3 is 4.74 Å². The van der Waals surface area contributed by atoms with Crippen LogP contribution in [0.25, 0.3) is 0 Å². The second-order valence-corrected chi connectivity index (χ2v) is 7.92. The van der Waals surface area contributed by atoms with Gasteiger partial charge in [-0.25, -0.2) is 0 Å². The first kappa shape index (κ1) is 22.1. The van der Waals surface area contributed by atoms with Gasteiger partial charge in [-0.3, -0.25) is 20.0 Å². The monoisotopic (exact) mass is 434 g/mol. The van der Waals surface area contributed by atoms with Crippen molar-refractivity contribution in [2.75, 3.05) is 0 Å². The summed E-state index contributed by atoms with van der Waals surface area (Å²) in [6.45, 7) is 8.03. The van der Waals surface area contributed by atoms with Gasteiger partial charge in [0.1, 0.15) is 11.5 Å². The molecule has 33 heavy (non-hydrogen) atoms. The molecule has 0 saturated carbocycles. The predicted octanol–water partition coefficient (Wildman–Crippen LogP) is 7.17. The highest BCUT2D eigenvalue weighted by molar-refractivity contribution is 5.99. The van der Waals surface area contributed by atoms with E-state index >= 15 is 0 Å². The molecule has 2 aromatic heterocycles. The molecule has 0 atom stereocenters. The fourth-order valence-electron chi connectivity index (χ4n) is 3.28. The predicted molar refractivity (Wildman–Crippen MR) is 135 cm³/mol. The number of aromatic nitrogens is 2. The maximum Gasteiger partial charge on any atom is 0.127 e. The molecule has 0 N–H and O–H groups in total. The van der Waals surface area contributed by atoms with Crippen LogP contribution in [0.1, 0.15) is 36.4 Å². The normalized spacial score (nSPS) is 12.0. The van der Waals surface area contributed by atoms with Crippen molar-refractivity contribution in [3.63, 3.8) is 0 Å². The van der Waals surface area contributed by atoms with Gasteiger partial charge in [-0.15, -0.1) is 0 Å². The molecule has 0 aliphatic heterocycles. The van der Waals surface area contributed by atoms with E-state index in [1.165, 1.54) is 0 Å². The van der Waals surface area contributed by atoms with Crippen LogP contribution < -0.4 is 4.74 Å². The van der Waals surface area contributed by atoms with Gasteiger partial charge in [0.15, 0.2) is 0 Å². The van der Waals surface area contributed by atoms with Crippen LogP contribution in [-0.4, -0.2) is 21.4 Å². The molecule has 4 aromatic rings. The van der Waals surface area contributed by atoms with Gasteiger partial charge in [0.2, 0.25) is 0 Å². The average Bonchev–Trinajstić information content (AvgIpc) is 2.81. The van der Waals surface area contributed by atoms with Crippen LogP contribution in [-0.2, 0) is 0 Å². The standard InChI is InChI=1S/C28H26N4O/c1-19-13-15-29-27(17-19)21(3)31-23-5-9-25(10-6-23)33-26-11-7-24(8-12-26)32-22(4)28-18-20(2)14-16-30-28/h5-18H,1-4H3. The highest BCUT2D eigenvalue weighted by Gasteiger charge is 2.03. The van der Waals surface area contributed by atoms with E-state index in [1.54, 1.807) is 12.4 Å². The van der Waals surface area contributed by atoms with Gasteiger partial charge >= 0.3 is 0 Å². The Balaban J connectivity index is 1.42. The fourth-order valence-corrected chi connectivity index (χ4v) is 3.28. The van der Waals surface area contributed by atoms with Crippen LogP contribution in [0.2, 0.25) is 0 Å². The summed E-state index contributed by atoms with van der Waals surface area (Å²) in [5.41, 5.74) is 7.55. The number of rotatable bonds is 6. The third-order valence-corrected chi connectivity index (χ3v) is 5.08. The van der Waals surface area contributed by atoms with Crippen LogP contribution in [0.4, 0.5) is 11.4 Å². The summed E-state index contributed by atoms with van der Waals surface area (Å²) in [5, 5.41) is 0. The minimum Gasteiger partial charge on any atom is -0.457 e. The summed E-state index contributed by atoms with van der Waals surface area (Å²) < 4.78 is 5.98. The highest BCUT2D eigenvalue weighted by atomic mass is 16.5. The average molecular weight is 435 g/mol. The first-order valence-electron chi connectivity index (χ1n) is 10.8. The SMILES string of the molecule is CC(=Nc1ccc(Oc2ccc(N=C(C)c3cc(C)ccn3)cc2)cc1)c1cc(C)ccn1. The number of hydrogen-bond donors (Lipinski definition) is 0. The summed E-state index contributed by atoms with van der Waals surface area (Å²) in [6.07, 6.45) is 3.61. The van der Waals surface area contributed by atoms with Crippen LogP contribution in [0.5, 0.6) is 11.5 Å². The largest absolute Gasteiger partial charge is 0.457 e. The number of ether oxygens (including phenoxy) is 1. The van der Waals surface area contributed by atoms with E-state index < -0.39 is 0 Å². The number of aryl methyl sites for hydroxylation is 2. The summed E-state index contributed by atoms with van der Waals surface area (Å²) in [6, 6.07) is 23.4. The Hall–Kier alpha value is -4.12. The molecule has 0 aliphatic carbocycles. The molecule has 0 fully saturated rings. The van der Waals surface area contributed by atoms with Crippen molar-refractivity contribution in [1.29, 1.82) is 0 Å². The van der Waals surface area contributed by atoms with Crippen molar-refractivity contribution in [3.05, 3.63) is 108 Å². The molecular weight excluding hydrogens is 408 g/mol. The molecule has 4 rings (SSSR count). The van der Waals surface area contributed by atoms with Crippen molar-refractivity contribution < 1.29 is 4.74 Å². The fraction of sp³-hybridized carbons (Fsp3) is 0.143. The smallest absolute Gasteiger partial charge is 0.127 e. The lowest BCUT2D eigenvalue weighted by Gasteiger charge is -2.07. The lowest BCUT2D eigenvalue weighted by Crippen LogP contribution is -1.98. The maximum absolute atomic E-state index is 5.98. The minimum absolute atomic E-state index is 0.747. The third kappa shape index (κ3) is 5.98. The Morgan fingerprint density at radius 1 is 0.606 bits per heavy atom. The third-order valence-electron chi connectivity index (χ3n) is 5.08. The Morgan fingerprint density at radius 2 is 1.00 bits per heavy atom. The summed E-state index contributed by atoms with van der Waals surface area (Å²) in [5.74, 6) is 1.49. The van der Waals surface area contributed by atoms with Crippen molar-refractivity contribution in [3.8, 4) is 11.5 Å². The minimum atomic E-state index is 0.747. The molecule has 5 nitrogen and oxygen atoms in total. The van der Waals surface area contributed by atoms with E-state index in [0.717, 1.165) is 56.8 Å². The van der Waals surface area contributed by atoms with Gasteiger partial charge in [0.05, 0.1) is 34.2 Å². The molecule has 0 saturated heterocycles. The number of pyridine rings is 2. The van der Waals surface area contributed by atoms with E-state index in [1.807, 2.05) is 100 Å². The first-order chi connectivity index (χ1) is 16.0. The molecule has 2 heterocycles. The van der Waals surface area contributed by atoms with Crippen molar-refractivity contribution >= 4 is 22.8 Å². The van der Waals surface area contributed by atoms with Crippen molar-refractivity contribution in [2.45, 2.75) is 27.7 Å². The van der Waals surface area contributed by atoms with Crippen LogP contribution >= 0.6 is 0 Å². The number of benzene rings is 2. The van der Waals surface area contributed by atoms with E-state index in [0.29, 0.717) is 0 Å². The van der Waals surface area contributed by atoms with Crippen LogP contribution in [0.3, 0.4) is 0 Å². The van der Waals surface area contributed by atoms with E-state index in [4.69, 9.17) is 4.74 Å². The topological polar surface area (TPSA) is 59.7 Å². The number of aliphatic imine (C=N–C) groups is 2. The van der Waals surface area contributed by atoms with Crippen LogP contribution in [0, 0.1) is 13.8 Å². The molecule has 164 valence electrons. The number of hydrogen-bond acceptors (Lipinski definition) is 5. The zero-order valence-electron chi connectivity index (χ0n) is 19.3. The Bertz CT molecular complexity index is 1200. The molecular formula is C28H26N4O. The zero-order chi connectivity index (χ0) is 23.2.